The molecule has 0 spiro atoms. The third kappa shape index (κ3) is 5.55. The van der Waals surface area contributed by atoms with Crippen molar-refractivity contribution in [1.29, 1.82) is 0 Å². The Balaban J connectivity index is 1.26. The summed E-state index contributed by atoms with van der Waals surface area (Å²) in [5, 5.41) is 40.4. The summed E-state index contributed by atoms with van der Waals surface area (Å²) in [6.45, 7) is 15.7. The van der Waals surface area contributed by atoms with Gasteiger partial charge in [0.15, 0.2) is 6.29 Å². The third-order valence-corrected chi connectivity index (χ3v) is 12.7. The topological polar surface area (TPSA) is 99.4 Å². The average molecular weight is 573 g/mol. The quantitative estimate of drug-likeness (QED) is 0.285. The molecule has 1 saturated heterocycles. The Hall–Kier alpha value is -1.02. The first-order valence-electron chi connectivity index (χ1n) is 16.4. The molecule has 4 N–H and O–H groups in total. The van der Waals surface area contributed by atoms with Crippen LogP contribution in [0.1, 0.15) is 92.4 Å². The zero-order valence-corrected chi connectivity index (χ0v) is 26.0. The van der Waals surface area contributed by atoms with Gasteiger partial charge in [0.05, 0.1) is 12.7 Å². The Morgan fingerprint density at radius 1 is 1.07 bits per heavy atom. The van der Waals surface area contributed by atoms with Crippen molar-refractivity contribution < 1.29 is 29.9 Å². The van der Waals surface area contributed by atoms with Gasteiger partial charge in [0.1, 0.15) is 24.4 Å². The predicted molar refractivity (Wildman–Crippen MR) is 161 cm³/mol. The Bertz CT molecular complexity index is 1000. The summed E-state index contributed by atoms with van der Waals surface area (Å²) >= 11 is 0. The molecule has 1 aliphatic heterocycles. The van der Waals surface area contributed by atoms with E-state index in [1.165, 1.54) is 36.8 Å². The summed E-state index contributed by atoms with van der Waals surface area (Å²) in [4.78, 5) is 0. The van der Waals surface area contributed by atoms with Crippen molar-refractivity contribution in [2.75, 3.05) is 6.61 Å². The SMILES string of the molecule is C=C(C)[C@@H](/C=C/[C@@H](C)[C@H]1CC[C@H]2[C@@H]3CC=C4C[C@@H](O[C@@H]5O[C@H](CO)[C@@H](O)[C@H](O)[C@H]5O)CC[C@]4(C)[C@H]3CC[C@]12C)CC. The molecule has 0 aromatic heterocycles. The van der Waals surface area contributed by atoms with Gasteiger partial charge < -0.3 is 29.9 Å². The standard InChI is InChI=1S/C35H56O6/c1-7-22(20(2)3)9-8-21(4)26-12-13-27-25-11-10-23-18-24(14-16-34(23,5)28(25)15-17-35(26,27)6)40-33-32(39)31(38)30(37)29(19-36)41-33/h8-10,21-22,24-33,36-39H,2,7,11-19H2,1,3-6H3/b9-8+/t21-,22-,24+,25+,26-,27+,28+,29-,30-,31+,32-,33-,34+,35-/m1/s1. The molecule has 5 aliphatic rings. The van der Waals surface area contributed by atoms with E-state index in [0.29, 0.717) is 23.2 Å². The number of fused-ring (bicyclic) bond motifs is 5. The number of aliphatic hydroxyl groups excluding tert-OH is 4. The number of hydrogen-bond acceptors (Lipinski definition) is 6. The van der Waals surface area contributed by atoms with E-state index in [9.17, 15) is 20.4 Å². The summed E-state index contributed by atoms with van der Waals surface area (Å²) in [5.74, 6) is 4.04. The molecule has 0 aromatic rings. The number of ether oxygens (including phenoxy) is 2. The van der Waals surface area contributed by atoms with Crippen molar-refractivity contribution >= 4 is 0 Å². The molecule has 232 valence electrons. The van der Waals surface area contributed by atoms with E-state index in [0.717, 1.165) is 49.9 Å². The molecule has 4 fully saturated rings. The van der Waals surface area contributed by atoms with Gasteiger partial charge in [-0.2, -0.15) is 0 Å². The molecule has 0 unspecified atom stereocenters. The molecule has 0 radical (unpaired) electrons. The molecule has 6 heteroatoms. The summed E-state index contributed by atoms with van der Waals surface area (Å²) in [7, 11) is 0. The third-order valence-electron chi connectivity index (χ3n) is 12.7. The number of aliphatic hydroxyl groups is 4. The zero-order valence-electron chi connectivity index (χ0n) is 26.0. The molecule has 41 heavy (non-hydrogen) atoms. The minimum Gasteiger partial charge on any atom is -0.394 e. The van der Waals surface area contributed by atoms with Gasteiger partial charge in [0.2, 0.25) is 0 Å². The van der Waals surface area contributed by atoms with Crippen LogP contribution in [0.15, 0.2) is 36.0 Å². The van der Waals surface area contributed by atoms with Crippen LogP contribution < -0.4 is 0 Å². The maximum atomic E-state index is 10.5. The van der Waals surface area contributed by atoms with E-state index in [4.69, 9.17) is 9.47 Å². The van der Waals surface area contributed by atoms with Gasteiger partial charge in [0.25, 0.3) is 0 Å². The highest BCUT2D eigenvalue weighted by molar-refractivity contribution is 5.26. The summed E-state index contributed by atoms with van der Waals surface area (Å²) in [6.07, 6.45) is 11.5. The van der Waals surface area contributed by atoms with Crippen LogP contribution in [-0.4, -0.2) is 63.8 Å². The van der Waals surface area contributed by atoms with Crippen LogP contribution >= 0.6 is 0 Å². The van der Waals surface area contributed by atoms with Crippen molar-refractivity contribution in [3.63, 3.8) is 0 Å². The van der Waals surface area contributed by atoms with E-state index in [2.05, 4.69) is 59.4 Å². The first kappa shape index (κ1) is 31.4. The Morgan fingerprint density at radius 3 is 2.51 bits per heavy atom. The smallest absolute Gasteiger partial charge is 0.186 e. The average Bonchev–Trinajstić information content (AvgIpc) is 3.30. The second-order valence-corrected chi connectivity index (χ2v) is 14.8. The molecule has 4 aliphatic carbocycles. The highest BCUT2D eigenvalue weighted by Gasteiger charge is 2.59. The predicted octanol–water partition coefficient (Wildman–Crippen LogP) is 5.55. The Morgan fingerprint density at radius 2 is 1.83 bits per heavy atom. The van der Waals surface area contributed by atoms with Crippen molar-refractivity contribution in [2.24, 2.45) is 46.3 Å². The largest absolute Gasteiger partial charge is 0.394 e. The van der Waals surface area contributed by atoms with E-state index in [-0.39, 0.29) is 11.5 Å². The molecule has 0 amide bonds. The first-order valence-corrected chi connectivity index (χ1v) is 16.4. The van der Waals surface area contributed by atoms with Gasteiger partial charge in [-0.1, -0.05) is 63.6 Å². The van der Waals surface area contributed by atoms with E-state index in [1.807, 2.05) is 0 Å². The van der Waals surface area contributed by atoms with Crippen LogP contribution in [0.4, 0.5) is 0 Å². The summed E-state index contributed by atoms with van der Waals surface area (Å²) in [5.41, 5.74) is 3.33. The van der Waals surface area contributed by atoms with Gasteiger partial charge in [-0.3, -0.25) is 0 Å². The first-order chi connectivity index (χ1) is 19.4. The van der Waals surface area contributed by atoms with Gasteiger partial charge in [-0.15, -0.1) is 0 Å². The maximum Gasteiger partial charge on any atom is 0.186 e. The lowest BCUT2D eigenvalue weighted by Gasteiger charge is -2.58. The lowest BCUT2D eigenvalue weighted by atomic mass is 9.47. The molecule has 3 saturated carbocycles. The molecule has 0 bridgehead atoms. The second kappa shape index (κ2) is 12.2. The van der Waals surface area contributed by atoms with Gasteiger partial charge >= 0.3 is 0 Å². The fourth-order valence-electron chi connectivity index (χ4n) is 10.1. The van der Waals surface area contributed by atoms with Crippen LogP contribution in [0, 0.1) is 46.3 Å². The lowest BCUT2D eigenvalue weighted by Crippen LogP contribution is -2.60. The fraction of sp³-hybridized carbons (Fsp3) is 0.829. The summed E-state index contributed by atoms with van der Waals surface area (Å²) < 4.78 is 11.9. The van der Waals surface area contributed by atoms with Crippen molar-refractivity contribution in [3.8, 4) is 0 Å². The van der Waals surface area contributed by atoms with Gasteiger partial charge in [-0.25, -0.2) is 0 Å². The number of hydrogen-bond donors (Lipinski definition) is 4. The number of allylic oxidation sites excluding steroid dienone is 4. The van der Waals surface area contributed by atoms with Crippen LogP contribution in [0.25, 0.3) is 0 Å². The molecule has 0 aromatic carbocycles. The maximum absolute atomic E-state index is 10.5. The molecular weight excluding hydrogens is 516 g/mol. The molecular formula is C35H56O6. The lowest BCUT2D eigenvalue weighted by molar-refractivity contribution is -0.313. The molecule has 6 nitrogen and oxygen atoms in total. The van der Waals surface area contributed by atoms with Gasteiger partial charge in [0, 0.05) is 0 Å². The monoisotopic (exact) mass is 572 g/mol. The normalized spacial score (nSPS) is 47.7. The molecule has 1 heterocycles. The minimum absolute atomic E-state index is 0.115. The van der Waals surface area contributed by atoms with Crippen LogP contribution in [0.3, 0.4) is 0 Å². The van der Waals surface area contributed by atoms with Crippen molar-refractivity contribution in [3.05, 3.63) is 36.0 Å². The van der Waals surface area contributed by atoms with Crippen LogP contribution in [0.5, 0.6) is 0 Å². The Labute approximate surface area is 247 Å². The second-order valence-electron chi connectivity index (χ2n) is 14.8. The number of rotatable bonds is 8. The van der Waals surface area contributed by atoms with Crippen molar-refractivity contribution in [1.82, 2.24) is 0 Å². The highest BCUT2D eigenvalue weighted by Crippen LogP contribution is 2.67. The fourth-order valence-corrected chi connectivity index (χ4v) is 10.1. The highest BCUT2D eigenvalue weighted by atomic mass is 16.7. The summed E-state index contributed by atoms with van der Waals surface area (Å²) in [6, 6.07) is 0. The van der Waals surface area contributed by atoms with Crippen LogP contribution in [0.2, 0.25) is 0 Å². The Kier molecular flexibility index (Phi) is 9.32. The van der Waals surface area contributed by atoms with Crippen LogP contribution in [-0.2, 0) is 9.47 Å². The van der Waals surface area contributed by atoms with E-state index >= 15 is 0 Å². The van der Waals surface area contributed by atoms with Gasteiger partial charge in [-0.05, 0) is 111 Å². The molecule has 14 atom stereocenters. The van der Waals surface area contributed by atoms with E-state index in [1.54, 1.807) is 0 Å². The van der Waals surface area contributed by atoms with Crippen molar-refractivity contribution in [2.45, 2.75) is 129 Å². The zero-order chi connectivity index (χ0) is 29.7. The minimum atomic E-state index is -1.40. The molecule has 5 rings (SSSR count). The van der Waals surface area contributed by atoms with E-state index < -0.39 is 37.3 Å².